The minimum atomic E-state index is 0.847. The van der Waals surface area contributed by atoms with Gasteiger partial charge in [0.15, 0.2) is 0 Å². The summed E-state index contributed by atoms with van der Waals surface area (Å²) in [4.78, 5) is 0. The molecule has 0 unspecified atom stereocenters. The summed E-state index contributed by atoms with van der Waals surface area (Å²) in [6, 6.07) is 0. The molecular weight excluding hydrogens is 102 g/mol. The second-order valence-electron chi connectivity index (χ2n) is 1.64. The lowest BCUT2D eigenvalue weighted by atomic mass is 10.7. The molecular formula is C5H9N3. The molecule has 1 saturated heterocycles. The number of hydrazone groups is 1. The fraction of sp³-hybridized carbons (Fsp3) is 0.400. The van der Waals surface area contributed by atoms with Gasteiger partial charge in [-0.25, -0.2) is 5.01 Å². The average molecular weight is 111 g/mol. The molecule has 3 heteroatoms. The van der Waals surface area contributed by atoms with Gasteiger partial charge in [-0.3, -0.25) is 0 Å². The summed E-state index contributed by atoms with van der Waals surface area (Å²) in [5.74, 6) is 0.847. The van der Waals surface area contributed by atoms with Gasteiger partial charge in [-0.1, -0.05) is 6.58 Å². The molecule has 1 rings (SSSR count). The van der Waals surface area contributed by atoms with Gasteiger partial charge >= 0.3 is 0 Å². The molecule has 0 saturated carbocycles. The van der Waals surface area contributed by atoms with E-state index in [1.807, 2.05) is 0 Å². The Morgan fingerprint density at radius 1 is 1.75 bits per heavy atom. The van der Waals surface area contributed by atoms with Crippen LogP contribution in [0, 0.1) is 0 Å². The molecule has 1 N–H and O–H groups in total. The van der Waals surface area contributed by atoms with Crippen molar-refractivity contribution in [1.82, 2.24) is 10.3 Å². The first-order chi connectivity index (χ1) is 3.84. The zero-order chi connectivity index (χ0) is 5.98. The smallest absolute Gasteiger partial charge is 0.115 e. The predicted molar refractivity (Wildman–Crippen MR) is 33.4 cm³/mol. The zero-order valence-electron chi connectivity index (χ0n) is 4.72. The van der Waals surface area contributed by atoms with Gasteiger partial charge in [-0.05, 0) is 0 Å². The van der Waals surface area contributed by atoms with Crippen LogP contribution < -0.4 is 5.32 Å². The molecule has 0 aliphatic carbocycles. The van der Waals surface area contributed by atoms with Crippen LogP contribution in [-0.4, -0.2) is 24.8 Å². The minimum absolute atomic E-state index is 0.847. The number of hydrogen-bond acceptors (Lipinski definition) is 3. The summed E-state index contributed by atoms with van der Waals surface area (Å²) >= 11 is 0. The lowest BCUT2D eigenvalue weighted by Crippen LogP contribution is -2.10. The van der Waals surface area contributed by atoms with E-state index in [2.05, 4.69) is 23.7 Å². The van der Waals surface area contributed by atoms with Gasteiger partial charge < -0.3 is 5.32 Å². The monoisotopic (exact) mass is 111 g/mol. The van der Waals surface area contributed by atoms with Crippen molar-refractivity contribution >= 4 is 6.72 Å². The van der Waals surface area contributed by atoms with Gasteiger partial charge in [0.25, 0.3) is 0 Å². The van der Waals surface area contributed by atoms with Crippen LogP contribution in [0.3, 0.4) is 0 Å². The van der Waals surface area contributed by atoms with Gasteiger partial charge in [0.05, 0.1) is 6.54 Å². The van der Waals surface area contributed by atoms with E-state index in [-0.39, 0.29) is 0 Å². The van der Waals surface area contributed by atoms with Gasteiger partial charge in [0.1, 0.15) is 5.82 Å². The molecule has 8 heavy (non-hydrogen) atoms. The highest BCUT2D eigenvalue weighted by Gasteiger charge is 2.10. The molecule has 1 heterocycles. The Balaban J connectivity index is 2.54. The highest BCUT2D eigenvalue weighted by molar-refractivity contribution is 5.23. The van der Waals surface area contributed by atoms with Crippen molar-refractivity contribution in [3.63, 3.8) is 0 Å². The summed E-state index contributed by atoms with van der Waals surface area (Å²) in [6.45, 7) is 8.88. The largest absolute Gasteiger partial charge is 0.369 e. The quantitative estimate of drug-likeness (QED) is 0.481. The molecule has 44 valence electrons. The number of nitrogens with one attached hydrogen (secondary N) is 1. The highest BCUT2D eigenvalue weighted by atomic mass is 15.5. The zero-order valence-corrected chi connectivity index (χ0v) is 4.72. The van der Waals surface area contributed by atoms with E-state index in [9.17, 15) is 0 Å². The van der Waals surface area contributed by atoms with Crippen LogP contribution in [0.1, 0.15) is 0 Å². The molecule has 1 aliphatic heterocycles. The van der Waals surface area contributed by atoms with Crippen LogP contribution in [0.2, 0.25) is 0 Å². The van der Waals surface area contributed by atoms with Gasteiger partial charge in [0, 0.05) is 13.3 Å². The number of hydrogen-bond donors (Lipinski definition) is 1. The van der Waals surface area contributed by atoms with Crippen LogP contribution in [0.15, 0.2) is 17.5 Å². The molecule has 0 aromatic heterocycles. The molecule has 0 radical (unpaired) electrons. The third-order valence-corrected chi connectivity index (χ3v) is 1.13. The number of nitrogens with zero attached hydrogens (tertiary/aromatic N) is 2. The Labute approximate surface area is 48.7 Å². The topological polar surface area (TPSA) is 27.6 Å². The van der Waals surface area contributed by atoms with Crippen LogP contribution in [0.25, 0.3) is 0 Å². The van der Waals surface area contributed by atoms with Crippen molar-refractivity contribution in [3.8, 4) is 0 Å². The maximum Gasteiger partial charge on any atom is 0.115 e. The normalized spacial score (nSPS) is 18.5. The second kappa shape index (κ2) is 1.86. The van der Waals surface area contributed by atoms with Crippen LogP contribution in [0.4, 0.5) is 0 Å². The molecule has 0 bridgehead atoms. The fourth-order valence-corrected chi connectivity index (χ4v) is 0.688. The van der Waals surface area contributed by atoms with Gasteiger partial charge in [-0.2, -0.15) is 5.10 Å². The summed E-state index contributed by atoms with van der Waals surface area (Å²) in [7, 11) is 0. The van der Waals surface area contributed by atoms with E-state index in [4.69, 9.17) is 0 Å². The van der Waals surface area contributed by atoms with E-state index >= 15 is 0 Å². The Bertz CT molecular complexity index is 119. The first-order valence-electron chi connectivity index (χ1n) is 2.51. The summed E-state index contributed by atoms with van der Waals surface area (Å²) in [6.07, 6.45) is 0. The standard InChI is InChI=1S/C5H9N3/c1-5-7-3-4-8(5)6-2/h7H,1-4H2. The SMILES string of the molecule is C=NN1CCNC1=C. The maximum atomic E-state index is 3.69. The molecule has 0 atom stereocenters. The summed E-state index contributed by atoms with van der Waals surface area (Å²) in [5.41, 5.74) is 0. The van der Waals surface area contributed by atoms with Crippen LogP contribution >= 0.6 is 0 Å². The average Bonchev–Trinajstić information content (AvgIpc) is 2.14. The van der Waals surface area contributed by atoms with Crippen molar-refractivity contribution in [2.24, 2.45) is 5.10 Å². The highest BCUT2D eigenvalue weighted by Crippen LogP contribution is 2.02. The molecule has 1 aliphatic rings. The Morgan fingerprint density at radius 3 is 2.75 bits per heavy atom. The van der Waals surface area contributed by atoms with E-state index in [1.54, 1.807) is 5.01 Å². The van der Waals surface area contributed by atoms with Crippen LogP contribution in [0.5, 0.6) is 0 Å². The molecule has 3 nitrogen and oxygen atoms in total. The summed E-state index contributed by atoms with van der Waals surface area (Å²) in [5, 5.41) is 8.44. The van der Waals surface area contributed by atoms with Crippen molar-refractivity contribution in [2.75, 3.05) is 13.1 Å². The first kappa shape index (κ1) is 5.15. The van der Waals surface area contributed by atoms with E-state index in [0.717, 1.165) is 18.9 Å². The lowest BCUT2D eigenvalue weighted by molar-refractivity contribution is 0.427. The Hall–Kier alpha value is -0.990. The van der Waals surface area contributed by atoms with Crippen molar-refractivity contribution in [1.29, 1.82) is 0 Å². The van der Waals surface area contributed by atoms with Gasteiger partial charge in [0.2, 0.25) is 0 Å². The Kier molecular flexibility index (Phi) is 1.20. The molecule has 0 spiro atoms. The first-order valence-corrected chi connectivity index (χ1v) is 2.51. The maximum absolute atomic E-state index is 3.69. The molecule has 0 aromatic carbocycles. The molecule has 0 aromatic rings. The third-order valence-electron chi connectivity index (χ3n) is 1.13. The van der Waals surface area contributed by atoms with Gasteiger partial charge in [-0.15, -0.1) is 0 Å². The van der Waals surface area contributed by atoms with Crippen molar-refractivity contribution in [3.05, 3.63) is 12.4 Å². The third kappa shape index (κ3) is 0.665. The number of rotatable bonds is 1. The van der Waals surface area contributed by atoms with E-state index in [0.29, 0.717) is 0 Å². The fourth-order valence-electron chi connectivity index (χ4n) is 0.688. The van der Waals surface area contributed by atoms with Crippen LogP contribution in [-0.2, 0) is 0 Å². The minimum Gasteiger partial charge on any atom is -0.369 e. The lowest BCUT2D eigenvalue weighted by Gasteiger charge is -2.07. The van der Waals surface area contributed by atoms with Crippen molar-refractivity contribution in [2.45, 2.75) is 0 Å². The Morgan fingerprint density at radius 2 is 2.50 bits per heavy atom. The predicted octanol–water partition coefficient (Wildman–Crippen LogP) is -0.0216. The summed E-state index contributed by atoms with van der Waals surface area (Å²) < 4.78 is 0. The molecule has 0 amide bonds. The van der Waals surface area contributed by atoms with E-state index < -0.39 is 0 Å². The van der Waals surface area contributed by atoms with Crippen molar-refractivity contribution < 1.29 is 0 Å². The molecule has 1 fully saturated rings. The second-order valence-corrected chi connectivity index (χ2v) is 1.64. The van der Waals surface area contributed by atoms with E-state index in [1.165, 1.54) is 0 Å².